The Labute approximate surface area is 134 Å². The van der Waals surface area contributed by atoms with Crippen LogP contribution in [0.25, 0.3) is 0 Å². The summed E-state index contributed by atoms with van der Waals surface area (Å²) in [6.45, 7) is 2.80. The number of oxime groups is 1. The lowest BCUT2D eigenvalue weighted by Crippen LogP contribution is -2.36. The molecule has 1 N–H and O–H groups in total. The Morgan fingerprint density at radius 1 is 1.39 bits per heavy atom. The molecule has 0 bridgehead atoms. The van der Waals surface area contributed by atoms with Crippen LogP contribution in [0.4, 0.5) is 0 Å². The highest BCUT2D eigenvalue weighted by Crippen LogP contribution is 2.36. The Bertz CT molecular complexity index is 675. The van der Waals surface area contributed by atoms with E-state index in [0.717, 1.165) is 37.6 Å². The largest absolute Gasteiger partial charge is 0.454 e. The van der Waals surface area contributed by atoms with E-state index >= 15 is 0 Å². The summed E-state index contributed by atoms with van der Waals surface area (Å²) in [6, 6.07) is 6.03. The molecule has 1 aromatic carbocycles. The van der Waals surface area contributed by atoms with Crippen LogP contribution in [0.15, 0.2) is 23.4 Å². The second-order valence-electron chi connectivity index (χ2n) is 6.22. The Morgan fingerprint density at radius 2 is 2.26 bits per heavy atom. The van der Waals surface area contributed by atoms with E-state index in [1.165, 1.54) is 5.56 Å². The van der Waals surface area contributed by atoms with E-state index < -0.39 is 0 Å². The number of benzene rings is 1. The van der Waals surface area contributed by atoms with Gasteiger partial charge in [-0.3, -0.25) is 9.69 Å². The van der Waals surface area contributed by atoms with E-state index in [9.17, 15) is 4.79 Å². The average molecular weight is 317 g/mol. The number of likely N-dealkylation sites (tertiary alicyclic amines) is 1. The topological polar surface area (TPSA) is 72.4 Å². The molecule has 23 heavy (non-hydrogen) atoms. The van der Waals surface area contributed by atoms with Crippen molar-refractivity contribution in [1.29, 1.82) is 0 Å². The number of carbonyl (C=O) groups is 1. The van der Waals surface area contributed by atoms with E-state index in [2.05, 4.69) is 21.4 Å². The molecule has 3 heterocycles. The smallest absolute Gasteiger partial charge is 0.268 e. The van der Waals surface area contributed by atoms with Gasteiger partial charge in [0.15, 0.2) is 17.1 Å². The molecule has 7 heteroatoms. The molecule has 0 aromatic heterocycles. The fraction of sp³-hybridized carbons (Fsp3) is 0.500. The maximum atomic E-state index is 11.7. The van der Waals surface area contributed by atoms with Crippen LogP contribution < -0.4 is 14.8 Å². The maximum absolute atomic E-state index is 11.7. The second kappa shape index (κ2) is 5.42. The minimum absolute atomic E-state index is 0.156. The predicted molar refractivity (Wildman–Crippen MR) is 82.4 cm³/mol. The summed E-state index contributed by atoms with van der Waals surface area (Å²) in [7, 11) is 1.61. The van der Waals surface area contributed by atoms with Crippen molar-refractivity contribution in [2.24, 2.45) is 5.16 Å². The summed E-state index contributed by atoms with van der Waals surface area (Å²) in [4.78, 5) is 19.6. The minimum Gasteiger partial charge on any atom is -0.454 e. The van der Waals surface area contributed by atoms with Gasteiger partial charge in [-0.05, 0) is 17.7 Å². The van der Waals surface area contributed by atoms with Crippen LogP contribution in [-0.4, -0.2) is 49.0 Å². The molecule has 1 aromatic rings. The van der Waals surface area contributed by atoms with Crippen molar-refractivity contribution in [3.63, 3.8) is 0 Å². The monoisotopic (exact) mass is 317 g/mol. The van der Waals surface area contributed by atoms with Crippen LogP contribution in [0.1, 0.15) is 18.4 Å². The Balaban J connectivity index is 1.39. The highest BCUT2D eigenvalue weighted by atomic mass is 16.7. The number of ether oxygens (including phenoxy) is 2. The second-order valence-corrected chi connectivity index (χ2v) is 6.22. The summed E-state index contributed by atoms with van der Waals surface area (Å²) in [5.74, 6) is 1.45. The number of carbonyl (C=O) groups excluding carboxylic acids is 1. The van der Waals surface area contributed by atoms with Gasteiger partial charge >= 0.3 is 0 Å². The summed E-state index contributed by atoms with van der Waals surface area (Å²) >= 11 is 0. The van der Waals surface area contributed by atoms with E-state index in [1.807, 2.05) is 12.1 Å². The molecule has 7 nitrogen and oxygen atoms in total. The minimum atomic E-state index is -0.349. The van der Waals surface area contributed by atoms with Crippen molar-refractivity contribution in [3.8, 4) is 11.5 Å². The van der Waals surface area contributed by atoms with Gasteiger partial charge in [0.05, 0.1) is 0 Å². The zero-order valence-corrected chi connectivity index (χ0v) is 13.0. The third-order valence-electron chi connectivity index (χ3n) is 4.57. The van der Waals surface area contributed by atoms with E-state index in [1.54, 1.807) is 7.05 Å². The molecule has 3 aliphatic heterocycles. The summed E-state index contributed by atoms with van der Waals surface area (Å²) in [5.41, 5.74) is 1.31. The number of nitrogens with one attached hydrogen (secondary N) is 1. The normalized spacial score (nSPS) is 25.5. The van der Waals surface area contributed by atoms with E-state index in [-0.39, 0.29) is 11.5 Å². The van der Waals surface area contributed by atoms with E-state index in [4.69, 9.17) is 14.3 Å². The number of nitrogens with zero attached hydrogens (tertiary/aromatic N) is 2. The highest BCUT2D eigenvalue weighted by Gasteiger charge is 2.46. The van der Waals surface area contributed by atoms with Crippen LogP contribution in [0.5, 0.6) is 11.5 Å². The lowest BCUT2D eigenvalue weighted by Gasteiger charge is -2.21. The Hall–Kier alpha value is -2.28. The number of hydrogen-bond acceptors (Lipinski definition) is 6. The molecule has 0 aliphatic carbocycles. The van der Waals surface area contributed by atoms with Crippen LogP contribution >= 0.6 is 0 Å². The molecule has 0 saturated carbocycles. The fourth-order valence-electron chi connectivity index (χ4n) is 3.37. The number of fused-ring (bicyclic) bond motifs is 1. The molecule has 1 saturated heterocycles. The third-order valence-corrected chi connectivity index (χ3v) is 4.57. The van der Waals surface area contributed by atoms with Gasteiger partial charge in [0.1, 0.15) is 5.71 Å². The van der Waals surface area contributed by atoms with Gasteiger partial charge in [0.2, 0.25) is 6.79 Å². The number of hydrogen-bond donors (Lipinski definition) is 1. The highest BCUT2D eigenvalue weighted by molar-refractivity contribution is 6.39. The zero-order chi connectivity index (χ0) is 15.9. The van der Waals surface area contributed by atoms with Crippen molar-refractivity contribution >= 4 is 11.6 Å². The molecule has 0 radical (unpaired) electrons. The van der Waals surface area contributed by atoms with Crippen LogP contribution in [-0.2, 0) is 16.2 Å². The third kappa shape index (κ3) is 2.61. The van der Waals surface area contributed by atoms with Gasteiger partial charge in [0, 0.05) is 39.5 Å². The number of rotatable bonds is 3. The quantitative estimate of drug-likeness (QED) is 0.896. The van der Waals surface area contributed by atoms with Crippen LogP contribution in [0, 0.1) is 0 Å². The molecule has 122 valence electrons. The van der Waals surface area contributed by atoms with Gasteiger partial charge in [-0.2, -0.15) is 0 Å². The van der Waals surface area contributed by atoms with Crippen molar-refractivity contribution in [2.45, 2.75) is 25.0 Å². The summed E-state index contributed by atoms with van der Waals surface area (Å²) in [5, 5.41) is 6.57. The standard InChI is InChI=1S/C16H19N3O4/c1-17-15(20)12-7-16(23-18-12)4-5-19(9-16)8-11-2-3-13-14(6-11)22-10-21-13/h2-3,6H,4-5,7-10H2,1H3,(H,17,20). The first-order valence-corrected chi connectivity index (χ1v) is 7.75. The lowest BCUT2D eigenvalue weighted by atomic mass is 9.96. The van der Waals surface area contributed by atoms with Gasteiger partial charge in [-0.25, -0.2) is 0 Å². The predicted octanol–water partition coefficient (Wildman–Crippen LogP) is 0.882. The van der Waals surface area contributed by atoms with Gasteiger partial charge in [-0.1, -0.05) is 11.2 Å². The molecule has 1 atom stereocenters. The first kappa shape index (κ1) is 14.3. The molecule has 3 aliphatic rings. The van der Waals surface area contributed by atoms with Crippen molar-refractivity contribution in [3.05, 3.63) is 23.8 Å². The van der Waals surface area contributed by atoms with Gasteiger partial charge < -0.3 is 19.6 Å². The van der Waals surface area contributed by atoms with Crippen molar-refractivity contribution in [2.75, 3.05) is 26.9 Å². The molecule has 4 rings (SSSR count). The lowest BCUT2D eigenvalue weighted by molar-refractivity contribution is -0.114. The van der Waals surface area contributed by atoms with Crippen molar-refractivity contribution in [1.82, 2.24) is 10.2 Å². The first-order chi connectivity index (χ1) is 11.2. The Morgan fingerprint density at radius 3 is 3.13 bits per heavy atom. The number of amides is 1. The SMILES string of the molecule is CNC(=O)C1=NOC2(CCN(Cc3ccc4c(c3)OCO4)C2)C1. The van der Waals surface area contributed by atoms with Gasteiger partial charge in [-0.15, -0.1) is 0 Å². The van der Waals surface area contributed by atoms with Gasteiger partial charge in [0.25, 0.3) is 5.91 Å². The first-order valence-electron chi connectivity index (χ1n) is 7.75. The van der Waals surface area contributed by atoms with E-state index in [0.29, 0.717) is 18.9 Å². The molecule has 1 fully saturated rings. The fourth-order valence-corrected chi connectivity index (χ4v) is 3.37. The maximum Gasteiger partial charge on any atom is 0.268 e. The summed E-state index contributed by atoms with van der Waals surface area (Å²) < 4.78 is 10.8. The van der Waals surface area contributed by atoms with Crippen LogP contribution in [0.3, 0.4) is 0 Å². The van der Waals surface area contributed by atoms with Crippen LogP contribution in [0.2, 0.25) is 0 Å². The molecular weight excluding hydrogens is 298 g/mol. The summed E-state index contributed by atoms with van der Waals surface area (Å²) in [6.07, 6.45) is 1.45. The molecule has 1 amide bonds. The molecule has 1 spiro atoms. The molecular formula is C16H19N3O4. The average Bonchev–Trinajstić information content (AvgIpc) is 3.27. The zero-order valence-electron chi connectivity index (χ0n) is 13.0. The van der Waals surface area contributed by atoms with Crippen molar-refractivity contribution < 1.29 is 19.1 Å². The molecule has 1 unspecified atom stereocenters. The Kier molecular flexibility index (Phi) is 3.37.